The number of esters is 1. The third-order valence-electron chi connectivity index (χ3n) is 6.14. The van der Waals surface area contributed by atoms with Crippen molar-refractivity contribution in [1.82, 2.24) is 5.32 Å². The summed E-state index contributed by atoms with van der Waals surface area (Å²) in [4.78, 5) is 26.0. The summed E-state index contributed by atoms with van der Waals surface area (Å²) in [6.07, 6.45) is 3.46. The van der Waals surface area contributed by atoms with Crippen LogP contribution in [0.4, 0.5) is 0 Å². The summed E-state index contributed by atoms with van der Waals surface area (Å²) >= 11 is 0. The Bertz CT molecular complexity index is 819. The number of carbonyl (C=O) groups is 2. The van der Waals surface area contributed by atoms with Crippen LogP contribution in [0.3, 0.4) is 0 Å². The number of rotatable bonds is 7. The monoisotopic (exact) mass is 407 g/mol. The molecule has 30 heavy (non-hydrogen) atoms. The molecule has 0 unspecified atom stereocenters. The van der Waals surface area contributed by atoms with Crippen LogP contribution in [-0.4, -0.2) is 24.0 Å². The summed E-state index contributed by atoms with van der Waals surface area (Å²) < 4.78 is 6.05. The summed E-state index contributed by atoms with van der Waals surface area (Å²) in [5, 5.41) is 2.91. The molecule has 3 rings (SSSR count). The van der Waals surface area contributed by atoms with Crippen molar-refractivity contribution in [2.75, 3.05) is 0 Å². The van der Waals surface area contributed by atoms with Crippen LogP contribution in [0.1, 0.15) is 56.0 Å². The van der Waals surface area contributed by atoms with E-state index in [2.05, 4.69) is 26.1 Å². The Labute approximate surface area is 180 Å². The second-order valence-corrected chi connectivity index (χ2v) is 8.88. The molecule has 0 aromatic heterocycles. The van der Waals surface area contributed by atoms with Gasteiger partial charge in [0, 0.05) is 12.0 Å². The zero-order valence-corrected chi connectivity index (χ0v) is 18.2. The molecule has 0 bridgehead atoms. The molecule has 4 atom stereocenters. The predicted octanol–water partition coefficient (Wildman–Crippen LogP) is 5.03. The van der Waals surface area contributed by atoms with Crippen LogP contribution < -0.4 is 5.32 Å². The first-order valence-electron chi connectivity index (χ1n) is 11.0. The van der Waals surface area contributed by atoms with Crippen molar-refractivity contribution >= 4 is 11.9 Å². The number of amides is 1. The first-order chi connectivity index (χ1) is 14.4. The van der Waals surface area contributed by atoms with Crippen molar-refractivity contribution < 1.29 is 14.3 Å². The quantitative estimate of drug-likeness (QED) is 0.655. The Hall–Kier alpha value is -2.62. The third-order valence-corrected chi connectivity index (χ3v) is 6.14. The molecule has 2 aromatic carbocycles. The number of hydrogen-bond acceptors (Lipinski definition) is 3. The molecule has 0 radical (unpaired) electrons. The summed E-state index contributed by atoms with van der Waals surface area (Å²) in [7, 11) is 0. The van der Waals surface area contributed by atoms with E-state index in [1.807, 2.05) is 48.5 Å². The molecule has 2 aromatic rings. The average Bonchev–Trinajstić information content (AvgIpc) is 2.74. The lowest BCUT2D eigenvalue weighted by Crippen LogP contribution is -2.46. The maximum Gasteiger partial charge on any atom is 0.329 e. The van der Waals surface area contributed by atoms with E-state index >= 15 is 0 Å². The van der Waals surface area contributed by atoms with Gasteiger partial charge in [0.15, 0.2) is 0 Å². The van der Waals surface area contributed by atoms with Crippen molar-refractivity contribution in [2.45, 2.75) is 58.6 Å². The van der Waals surface area contributed by atoms with Crippen molar-refractivity contribution in [2.24, 2.45) is 17.8 Å². The fourth-order valence-corrected chi connectivity index (χ4v) is 4.36. The molecular weight excluding hydrogens is 374 g/mol. The topological polar surface area (TPSA) is 55.4 Å². The Balaban J connectivity index is 1.76. The summed E-state index contributed by atoms with van der Waals surface area (Å²) in [6, 6.07) is 18.0. The van der Waals surface area contributed by atoms with Gasteiger partial charge >= 0.3 is 5.97 Å². The maximum absolute atomic E-state index is 13.2. The Morgan fingerprint density at radius 2 is 1.63 bits per heavy atom. The number of benzene rings is 2. The summed E-state index contributed by atoms with van der Waals surface area (Å²) in [5.74, 6) is 0.775. The van der Waals surface area contributed by atoms with E-state index in [1.54, 1.807) is 12.1 Å². The van der Waals surface area contributed by atoms with Gasteiger partial charge in [-0.25, -0.2) is 4.79 Å². The minimum Gasteiger partial charge on any atom is -0.461 e. The molecule has 4 heteroatoms. The second-order valence-electron chi connectivity index (χ2n) is 8.88. The van der Waals surface area contributed by atoms with Crippen molar-refractivity contribution in [3.63, 3.8) is 0 Å². The molecule has 1 fully saturated rings. The average molecular weight is 408 g/mol. The van der Waals surface area contributed by atoms with E-state index in [-0.39, 0.29) is 18.0 Å². The summed E-state index contributed by atoms with van der Waals surface area (Å²) in [6.45, 7) is 6.61. The van der Waals surface area contributed by atoms with Gasteiger partial charge in [-0.3, -0.25) is 4.79 Å². The van der Waals surface area contributed by atoms with E-state index in [4.69, 9.17) is 4.74 Å². The molecule has 1 amide bonds. The lowest BCUT2D eigenvalue weighted by Gasteiger charge is -2.37. The molecule has 0 aliphatic heterocycles. The van der Waals surface area contributed by atoms with Gasteiger partial charge in [0.2, 0.25) is 0 Å². The standard InChI is InChI=1S/C26H33NO3/c1-18(2)22-15-14-19(3)16-24(22)30-26(29)23(17-20-10-6-4-7-11-20)27-25(28)21-12-8-5-9-13-21/h4-13,18-19,22-24H,14-17H2,1-3H3,(H,27,28)/t19-,22+,23+,24-/m1/s1. The third kappa shape index (κ3) is 5.94. The van der Waals surface area contributed by atoms with Crippen LogP contribution in [0, 0.1) is 17.8 Å². The normalized spacial score (nSPS) is 22.3. The van der Waals surface area contributed by atoms with E-state index in [1.165, 1.54) is 6.42 Å². The highest BCUT2D eigenvalue weighted by molar-refractivity contribution is 5.96. The largest absolute Gasteiger partial charge is 0.461 e. The highest BCUT2D eigenvalue weighted by atomic mass is 16.5. The van der Waals surface area contributed by atoms with Gasteiger partial charge in [-0.1, -0.05) is 75.7 Å². The fourth-order valence-electron chi connectivity index (χ4n) is 4.36. The van der Waals surface area contributed by atoms with Crippen LogP contribution >= 0.6 is 0 Å². The van der Waals surface area contributed by atoms with Crippen LogP contribution in [0.2, 0.25) is 0 Å². The lowest BCUT2D eigenvalue weighted by molar-refractivity contribution is -0.158. The minimum absolute atomic E-state index is 0.0897. The number of carbonyl (C=O) groups excluding carboxylic acids is 2. The van der Waals surface area contributed by atoms with Crippen molar-refractivity contribution in [3.05, 3.63) is 71.8 Å². The molecule has 1 N–H and O–H groups in total. The predicted molar refractivity (Wildman–Crippen MR) is 119 cm³/mol. The van der Waals surface area contributed by atoms with Crippen molar-refractivity contribution in [3.8, 4) is 0 Å². The van der Waals surface area contributed by atoms with Gasteiger partial charge in [-0.15, -0.1) is 0 Å². The molecule has 1 saturated carbocycles. The second kappa shape index (κ2) is 10.4. The molecule has 0 spiro atoms. The van der Waals surface area contributed by atoms with E-state index in [0.717, 1.165) is 18.4 Å². The van der Waals surface area contributed by atoms with Crippen LogP contribution in [0.25, 0.3) is 0 Å². The van der Waals surface area contributed by atoms with Gasteiger partial charge < -0.3 is 10.1 Å². The first-order valence-corrected chi connectivity index (χ1v) is 11.0. The Kier molecular flexibility index (Phi) is 7.67. The highest BCUT2D eigenvalue weighted by Crippen LogP contribution is 2.35. The van der Waals surface area contributed by atoms with Gasteiger partial charge in [0.05, 0.1) is 0 Å². The first kappa shape index (κ1) is 22.1. The minimum atomic E-state index is -0.717. The Morgan fingerprint density at radius 3 is 2.27 bits per heavy atom. The fraction of sp³-hybridized carbons (Fsp3) is 0.462. The van der Waals surface area contributed by atoms with Crippen LogP contribution in [0.15, 0.2) is 60.7 Å². The van der Waals surface area contributed by atoms with Gasteiger partial charge in [0.1, 0.15) is 12.1 Å². The SMILES string of the molecule is CC(C)[C@@H]1CC[C@@H](C)C[C@H]1OC(=O)[C@H](Cc1ccccc1)NC(=O)c1ccccc1. The van der Waals surface area contributed by atoms with E-state index in [9.17, 15) is 9.59 Å². The number of nitrogens with one attached hydrogen (secondary N) is 1. The molecular formula is C26H33NO3. The molecule has 0 heterocycles. The van der Waals surface area contributed by atoms with E-state index in [0.29, 0.717) is 29.7 Å². The number of hydrogen-bond donors (Lipinski definition) is 1. The van der Waals surface area contributed by atoms with Crippen molar-refractivity contribution in [1.29, 1.82) is 0 Å². The molecule has 4 nitrogen and oxygen atoms in total. The molecule has 1 aliphatic rings. The Morgan fingerprint density at radius 1 is 1.00 bits per heavy atom. The van der Waals surface area contributed by atoms with Gasteiger partial charge in [0.25, 0.3) is 5.91 Å². The molecule has 1 aliphatic carbocycles. The van der Waals surface area contributed by atoms with Gasteiger partial charge in [-0.05, 0) is 48.3 Å². The summed E-state index contributed by atoms with van der Waals surface area (Å²) in [5.41, 5.74) is 1.53. The van der Waals surface area contributed by atoms with Gasteiger partial charge in [-0.2, -0.15) is 0 Å². The molecule has 0 saturated heterocycles. The zero-order chi connectivity index (χ0) is 21.5. The van der Waals surface area contributed by atoms with Crippen LogP contribution in [-0.2, 0) is 16.0 Å². The zero-order valence-electron chi connectivity index (χ0n) is 18.2. The number of ether oxygens (including phenoxy) is 1. The smallest absolute Gasteiger partial charge is 0.329 e. The lowest BCUT2D eigenvalue weighted by atomic mass is 9.75. The maximum atomic E-state index is 13.2. The molecule has 160 valence electrons. The van der Waals surface area contributed by atoms with Crippen LogP contribution in [0.5, 0.6) is 0 Å². The highest BCUT2D eigenvalue weighted by Gasteiger charge is 2.35. The van der Waals surface area contributed by atoms with E-state index < -0.39 is 6.04 Å².